The van der Waals surface area contributed by atoms with Gasteiger partial charge in [0, 0.05) is 17.7 Å². The number of ether oxygens (including phenoxy) is 5. The second-order valence-electron chi connectivity index (χ2n) is 7.93. The van der Waals surface area contributed by atoms with Crippen molar-refractivity contribution in [3.8, 4) is 11.5 Å². The van der Waals surface area contributed by atoms with Crippen molar-refractivity contribution in [1.82, 2.24) is 4.98 Å². The van der Waals surface area contributed by atoms with Gasteiger partial charge in [-0.05, 0) is 36.8 Å². The molecule has 1 aromatic heterocycles. The molecule has 0 radical (unpaired) electrons. The summed E-state index contributed by atoms with van der Waals surface area (Å²) in [5.41, 5.74) is 0.220. The molecule has 4 atom stereocenters. The van der Waals surface area contributed by atoms with Crippen molar-refractivity contribution >= 4 is 6.16 Å². The van der Waals surface area contributed by atoms with E-state index in [0.29, 0.717) is 11.4 Å². The minimum absolute atomic E-state index is 0.0405. The minimum atomic E-state index is -5.03. The summed E-state index contributed by atoms with van der Waals surface area (Å²) in [5, 5.41) is 20.5. The van der Waals surface area contributed by atoms with E-state index in [1.165, 1.54) is 32.4 Å². The number of methoxy groups -OCH3 is 1. The van der Waals surface area contributed by atoms with Crippen molar-refractivity contribution in [1.29, 1.82) is 0 Å². The average molecular weight is 537 g/mol. The lowest BCUT2D eigenvalue weighted by Crippen LogP contribution is -2.60. The van der Waals surface area contributed by atoms with E-state index < -0.39 is 55.2 Å². The molecule has 1 aromatic carbocycles. The van der Waals surface area contributed by atoms with Gasteiger partial charge in [0.05, 0.1) is 19.9 Å². The molecule has 1 saturated heterocycles. The number of carbonyl (C=O) groups is 1. The minimum Gasteiger partial charge on any atom is -0.495 e. The number of rotatable bonds is 8. The maximum absolute atomic E-state index is 14.6. The smallest absolute Gasteiger partial charge is 0.495 e. The molecule has 0 aliphatic carbocycles. The Bertz CT molecular complexity index is 1070. The lowest BCUT2D eigenvalue weighted by Gasteiger charge is -2.42. The molecule has 2 N–H and O–H groups in total. The predicted molar refractivity (Wildman–Crippen MR) is 114 cm³/mol. The molecule has 204 valence electrons. The number of carbonyl (C=O) groups excluding carboxylic acids is 1. The molecule has 4 unspecified atom stereocenters. The van der Waals surface area contributed by atoms with E-state index in [-0.39, 0.29) is 24.2 Å². The monoisotopic (exact) mass is 537 g/mol. The Morgan fingerprint density at radius 3 is 2.49 bits per heavy atom. The van der Waals surface area contributed by atoms with Gasteiger partial charge in [0.15, 0.2) is 6.10 Å². The lowest BCUT2D eigenvalue weighted by molar-refractivity contribution is -0.296. The highest BCUT2D eigenvalue weighted by molar-refractivity contribution is 5.59. The Balaban J connectivity index is 1.92. The average Bonchev–Trinajstić information content (AvgIpc) is 2.83. The number of nitrogens with zero attached hydrogens (tertiary/aromatic N) is 1. The van der Waals surface area contributed by atoms with E-state index >= 15 is 0 Å². The van der Waals surface area contributed by atoms with E-state index in [1.807, 2.05) is 0 Å². The quantitative estimate of drug-likeness (QED) is 0.385. The summed E-state index contributed by atoms with van der Waals surface area (Å²) in [6.45, 7) is 0.362. The molecule has 2 heterocycles. The van der Waals surface area contributed by atoms with Crippen molar-refractivity contribution in [3.05, 3.63) is 53.3 Å². The standard InChI is InChI=1S/C23H24F5NO8/c1-3-34-21(32)35-11-17-22(24,25)20(31)18(30)19(36-17)12-4-7-16(37-23(26,27)28)13(8-12)9-14-5-6-15(33-2)10-29-14/h4-8,10,17-20,30-31H,3,9,11H2,1-2H3. The molecule has 37 heavy (non-hydrogen) atoms. The first-order valence-electron chi connectivity index (χ1n) is 10.9. The van der Waals surface area contributed by atoms with Gasteiger partial charge in [-0.25, -0.2) is 13.6 Å². The van der Waals surface area contributed by atoms with E-state index in [0.717, 1.165) is 18.2 Å². The summed E-state index contributed by atoms with van der Waals surface area (Å²) < 4.78 is 91.6. The summed E-state index contributed by atoms with van der Waals surface area (Å²) >= 11 is 0. The predicted octanol–water partition coefficient (Wildman–Crippen LogP) is 3.55. The van der Waals surface area contributed by atoms with E-state index in [4.69, 9.17) is 9.47 Å². The van der Waals surface area contributed by atoms with Gasteiger partial charge in [-0.2, -0.15) is 0 Å². The highest BCUT2D eigenvalue weighted by Crippen LogP contribution is 2.42. The first-order valence-corrected chi connectivity index (χ1v) is 10.9. The van der Waals surface area contributed by atoms with Crippen LogP contribution in [0.4, 0.5) is 26.7 Å². The van der Waals surface area contributed by atoms with Crippen LogP contribution >= 0.6 is 0 Å². The third kappa shape index (κ3) is 6.96. The molecular formula is C23H24F5NO8. The molecule has 0 amide bonds. The van der Waals surface area contributed by atoms with Crippen molar-refractivity contribution < 1.29 is 60.6 Å². The van der Waals surface area contributed by atoms with Crippen molar-refractivity contribution in [2.24, 2.45) is 0 Å². The zero-order valence-electron chi connectivity index (χ0n) is 19.6. The topological polar surface area (TPSA) is 117 Å². The van der Waals surface area contributed by atoms with Crippen LogP contribution in [0.2, 0.25) is 0 Å². The molecule has 1 aliphatic rings. The highest BCUT2D eigenvalue weighted by atomic mass is 19.4. The van der Waals surface area contributed by atoms with Crippen LogP contribution in [0.3, 0.4) is 0 Å². The van der Waals surface area contributed by atoms with Crippen LogP contribution in [0.15, 0.2) is 36.5 Å². The molecule has 9 nitrogen and oxygen atoms in total. The number of benzene rings is 1. The summed E-state index contributed by atoms with van der Waals surface area (Å²) in [6, 6.07) is 6.19. The summed E-state index contributed by atoms with van der Waals surface area (Å²) in [5.74, 6) is -4.21. The van der Waals surface area contributed by atoms with Crippen LogP contribution in [0.25, 0.3) is 0 Å². The number of aliphatic hydroxyl groups is 2. The third-order valence-electron chi connectivity index (χ3n) is 5.43. The molecule has 1 fully saturated rings. The molecule has 0 spiro atoms. The lowest BCUT2D eigenvalue weighted by atomic mass is 9.89. The van der Waals surface area contributed by atoms with Crippen LogP contribution in [0.1, 0.15) is 29.8 Å². The molecule has 0 bridgehead atoms. The third-order valence-corrected chi connectivity index (χ3v) is 5.43. The molecular weight excluding hydrogens is 513 g/mol. The van der Waals surface area contributed by atoms with Gasteiger partial charge in [-0.15, -0.1) is 13.2 Å². The number of hydrogen-bond acceptors (Lipinski definition) is 9. The Morgan fingerprint density at radius 1 is 1.16 bits per heavy atom. The Hall–Kier alpha value is -3.23. The van der Waals surface area contributed by atoms with Crippen molar-refractivity contribution in [2.45, 2.75) is 50.0 Å². The van der Waals surface area contributed by atoms with E-state index in [9.17, 15) is 37.0 Å². The fourth-order valence-electron chi connectivity index (χ4n) is 3.63. The first-order chi connectivity index (χ1) is 17.4. The van der Waals surface area contributed by atoms with Gasteiger partial charge in [-0.3, -0.25) is 4.98 Å². The number of halogens is 5. The summed E-state index contributed by atoms with van der Waals surface area (Å²) in [7, 11) is 1.41. The maximum atomic E-state index is 14.6. The number of aliphatic hydroxyl groups excluding tert-OH is 2. The number of pyridine rings is 1. The summed E-state index contributed by atoms with van der Waals surface area (Å²) in [4.78, 5) is 15.5. The zero-order chi connectivity index (χ0) is 27.4. The molecule has 2 aromatic rings. The molecule has 0 saturated carbocycles. The van der Waals surface area contributed by atoms with Crippen molar-refractivity contribution in [3.63, 3.8) is 0 Å². The summed E-state index contributed by atoms with van der Waals surface area (Å²) in [6.07, 6.45) is -13.7. The second kappa shape index (κ2) is 11.4. The van der Waals surface area contributed by atoms with Crippen LogP contribution in [0, 0.1) is 0 Å². The van der Waals surface area contributed by atoms with E-state index in [2.05, 4.69) is 19.2 Å². The molecule has 3 rings (SSSR count). The zero-order valence-corrected chi connectivity index (χ0v) is 19.6. The maximum Gasteiger partial charge on any atom is 0.573 e. The fraction of sp³-hybridized carbons (Fsp3) is 0.478. The van der Waals surface area contributed by atoms with Gasteiger partial charge in [0.25, 0.3) is 0 Å². The van der Waals surface area contributed by atoms with Gasteiger partial charge >= 0.3 is 18.4 Å². The van der Waals surface area contributed by atoms with Crippen molar-refractivity contribution in [2.75, 3.05) is 20.3 Å². The van der Waals surface area contributed by atoms with E-state index in [1.54, 1.807) is 0 Å². The Labute approximate surface area is 207 Å². The normalized spacial score (nSPS) is 23.3. The number of hydrogen-bond donors (Lipinski definition) is 2. The van der Waals surface area contributed by atoms with Crippen LogP contribution in [-0.2, 0) is 20.6 Å². The SMILES string of the molecule is CCOC(=O)OCC1OC(c2ccc(OC(F)(F)F)c(Cc3ccc(OC)cn3)c2)C(O)C(O)C1(F)F. The largest absolute Gasteiger partial charge is 0.573 e. The highest BCUT2D eigenvalue weighted by Gasteiger charge is 2.58. The van der Waals surface area contributed by atoms with Crippen LogP contribution in [0.5, 0.6) is 11.5 Å². The Kier molecular flexibility index (Phi) is 8.76. The van der Waals surface area contributed by atoms with Gasteiger partial charge in [0.1, 0.15) is 36.4 Å². The van der Waals surface area contributed by atoms with Gasteiger partial charge in [0.2, 0.25) is 0 Å². The Morgan fingerprint density at radius 2 is 1.89 bits per heavy atom. The van der Waals surface area contributed by atoms with Gasteiger partial charge in [-0.1, -0.05) is 6.07 Å². The van der Waals surface area contributed by atoms with Gasteiger partial charge < -0.3 is 33.9 Å². The fourth-order valence-corrected chi connectivity index (χ4v) is 3.63. The number of aromatic nitrogens is 1. The van der Waals surface area contributed by atoms with Crippen LogP contribution < -0.4 is 9.47 Å². The molecule has 14 heteroatoms. The first kappa shape index (κ1) is 28.3. The number of alkyl halides is 5. The molecule has 1 aliphatic heterocycles. The van der Waals surface area contributed by atoms with Crippen LogP contribution in [-0.4, -0.2) is 72.3 Å². The second-order valence-corrected chi connectivity index (χ2v) is 7.93.